The number of piperazine rings is 1. The van der Waals surface area contributed by atoms with Crippen molar-refractivity contribution in [1.82, 2.24) is 14.7 Å². The summed E-state index contributed by atoms with van der Waals surface area (Å²) in [6.07, 6.45) is 8.29. The third-order valence-electron chi connectivity index (χ3n) is 10.5. The van der Waals surface area contributed by atoms with E-state index in [0.717, 1.165) is 64.6 Å². The standard InChI is InChI=1S/C36H49N3O4/c1-35(2,3)43-34(41)38-20-17-36(18-21-38)15-12-27(13-16-36)14-19-37-22-24-39(25-23-37)33(40)42-26-32-30-10-6-4-8-28(30)29-9-5-7-11-31(29)32/h4-11,27,32H,12-26H2,1-3H3. The SMILES string of the molecule is CC(C)(C)OC(=O)N1CCC2(CCC(CCN3CCN(C(=O)OCC4c5ccccc5-c5ccccc54)CC3)CC2)CC1. The molecule has 0 atom stereocenters. The van der Waals surface area contributed by atoms with Gasteiger partial charge in [0.2, 0.25) is 0 Å². The predicted octanol–water partition coefficient (Wildman–Crippen LogP) is 7.15. The molecule has 0 radical (unpaired) electrons. The first-order valence-corrected chi connectivity index (χ1v) is 16.5. The molecule has 2 aromatic carbocycles. The second-order valence-corrected chi connectivity index (χ2v) is 14.3. The Morgan fingerprint density at radius 3 is 1.91 bits per heavy atom. The number of piperidine rings is 1. The van der Waals surface area contributed by atoms with Crippen LogP contribution >= 0.6 is 0 Å². The average molecular weight is 588 g/mol. The summed E-state index contributed by atoms with van der Waals surface area (Å²) in [5, 5.41) is 0. The number of likely N-dealkylation sites (tertiary alicyclic amines) is 1. The molecule has 2 heterocycles. The van der Waals surface area contributed by atoms with Crippen LogP contribution < -0.4 is 0 Å². The van der Waals surface area contributed by atoms with Crippen LogP contribution in [0.1, 0.15) is 82.8 Å². The van der Waals surface area contributed by atoms with Crippen molar-refractivity contribution in [2.75, 3.05) is 52.4 Å². The van der Waals surface area contributed by atoms with E-state index in [-0.39, 0.29) is 18.1 Å². The van der Waals surface area contributed by atoms with Crippen molar-refractivity contribution in [2.24, 2.45) is 11.3 Å². The van der Waals surface area contributed by atoms with E-state index in [1.54, 1.807) is 0 Å². The zero-order valence-electron chi connectivity index (χ0n) is 26.4. The van der Waals surface area contributed by atoms with Gasteiger partial charge in [0.05, 0.1) is 0 Å². The average Bonchev–Trinajstić information content (AvgIpc) is 3.33. The van der Waals surface area contributed by atoms with E-state index in [1.807, 2.05) is 30.6 Å². The molecule has 7 nitrogen and oxygen atoms in total. The molecule has 232 valence electrons. The predicted molar refractivity (Wildman–Crippen MR) is 169 cm³/mol. The van der Waals surface area contributed by atoms with Crippen LogP contribution in [-0.4, -0.2) is 84.9 Å². The molecule has 2 amide bonds. The molecule has 2 saturated heterocycles. The molecular formula is C36H49N3O4. The summed E-state index contributed by atoms with van der Waals surface area (Å²) >= 11 is 0. The van der Waals surface area contributed by atoms with E-state index in [0.29, 0.717) is 12.0 Å². The van der Waals surface area contributed by atoms with Crippen molar-refractivity contribution >= 4 is 12.2 Å². The molecule has 2 aromatic rings. The van der Waals surface area contributed by atoms with Crippen LogP contribution in [0.3, 0.4) is 0 Å². The molecule has 3 fully saturated rings. The highest BCUT2D eigenvalue weighted by Gasteiger charge is 2.40. The number of hydrogen-bond acceptors (Lipinski definition) is 5. The van der Waals surface area contributed by atoms with E-state index in [1.165, 1.54) is 54.4 Å². The molecule has 0 bridgehead atoms. The minimum absolute atomic E-state index is 0.102. The molecule has 4 aliphatic rings. The topological polar surface area (TPSA) is 62.3 Å². The van der Waals surface area contributed by atoms with Gasteiger partial charge in [-0.2, -0.15) is 0 Å². The molecule has 0 aromatic heterocycles. The highest BCUT2D eigenvalue weighted by atomic mass is 16.6. The zero-order chi connectivity index (χ0) is 30.0. The first kappa shape index (κ1) is 30.0. The smallest absolute Gasteiger partial charge is 0.410 e. The van der Waals surface area contributed by atoms with Gasteiger partial charge in [-0.3, -0.25) is 4.90 Å². The summed E-state index contributed by atoms with van der Waals surface area (Å²) in [4.78, 5) is 31.8. The van der Waals surface area contributed by atoms with Crippen LogP contribution in [-0.2, 0) is 9.47 Å². The second kappa shape index (κ2) is 12.5. The number of rotatable bonds is 5. The molecule has 0 N–H and O–H groups in total. The maximum absolute atomic E-state index is 13.0. The van der Waals surface area contributed by atoms with E-state index < -0.39 is 5.60 Å². The minimum atomic E-state index is -0.434. The number of carbonyl (C=O) groups is 2. The summed E-state index contributed by atoms with van der Waals surface area (Å²) in [6.45, 7) is 12.3. The summed E-state index contributed by atoms with van der Waals surface area (Å²) in [7, 11) is 0. The minimum Gasteiger partial charge on any atom is -0.448 e. The van der Waals surface area contributed by atoms with Gasteiger partial charge in [-0.05, 0) is 106 Å². The fraction of sp³-hybridized carbons (Fsp3) is 0.611. The maximum atomic E-state index is 13.0. The van der Waals surface area contributed by atoms with E-state index in [2.05, 4.69) is 53.4 Å². The number of benzene rings is 2. The Labute approximate surface area is 257 Å². The van der Waals surface area contributed by atoms with Gasteiger partial charge in [-0.25, -0.2) is 9.59 Å². The van der Waals surface area contributed by atoms with Crippen molar-refractivity contribution in [2.45, 2.75) is 77.2 Å². The zero-order valence-corrected chi connectivity index (χ0v) is 26.4. The van der Waals surface area contributed by atoms with Gasteiger partial charge in [0.1, 0.15) is 12.2 Å². The van der Waals surface area contributed by atoms with E-state index in [9.17, 15) is 9.59 Å². The molecule has 1 spiro atoms. The number of nitrogens with zero attached hydrogens (tertiary/aromatic N) is 3. The molecule has 7 heteroatoms. The van der Waals surface area contributed by atoms with Gasteiger partial charge in [-0.1, -0.05) is 48.5 Å². The summed E-state index contributed by atoms with van der Waals surface area (Å²) in [5.41, 5.74) is 5.00. The molecule has 43 heavy (non-hydrogen) atoms. The Hall–Kier alpha value is -3.06. The fourth-order valence-electron chi connectivity index (χ4n) is 7.77. The number of hydrogen-bond donors (Lipinski definition) is 0. The number of fused-ring (bicyclic) bond motifs is 3. The van der Waals surface area contributed by atoms with Crippen LogP contribution in [0.15, 0.2) is 48.5 Å². The van der Waals surface area contributed by atoms with Crippen LogP contribution in [0.4, 0.5) is 9.59 Å². The Bertz CT molecular complexity index is 1230. The lowest BCUT2D eigenvalue weighted by atomic mass is 9.65. The summed E-state index contributed by atoms with van der Waals surface area (Å²) in [5.74, 6) is 0.888. The molecule has 2 aliphatic heterocycles. The number of ether oxygens (including phenoxy) is 2. The van der Waals surface area contributed by atoms with Gasteiger partial charge in [-0.15, -0.1) is 0 Å². The monoisotopic (exact) mass is 587 g/mol. The number of amides is 2. The third kappa shape index (κ3) is 6.87. The third-order valence-corrected chi connectivity index (χ3v) is 10.5. The van der Waals surface area contributed by atoms with Crippen molar-refractivity contribution < 1.29 is 19.1 Å². The van der Waals surface area contributed by atoms with Gasteiger partial charge in [0, 0.05) is 45.2 Å². The van der Waals surface area contributed by atoms with Gasteiger partial charge < -0.3 is 19.3 Å². The second-order valence-electron chi connectivity index (χ2n) is 14.3. The van der Waals surface area contributed by atoms with E-state index >= 15 is 0 Å². The van der Waals surface area contributed by atoms with Crippen molar-refractivity contribution in [3.8, 4) is 11.1 Å². The van der Waals surface area contributed by atoms with Gasteiger partial charge in [0.15, 0.2) is 0 Å². The van der Waals surface area contributed by atoms with Gasteiger partial charge >= 0.3 is 12.2 Å². The van der Waals surface area contributed by atoms with Crippen LogP contribution in [0.25, 0.3) is 11.1 Å². The number of carbonyl (C=O) groups excluding carboxylic acids is 2. The van der Waals surface area contributed by atoms with Crippen LogP contribution in [0.5, 0.6) is 0 Å². The Morgan fingerprint density at radius 2 is 1.33 bits per heavy atom. The highest BCUT2D eigenvalue weighted by Crippen LogP contribution is 2.47. The lowest BCUT2D eigenvalue weighted by Gasteiger charge is -2.46. The van der Waals surface area contributed by atoms with E-state index in [4.69, 9.17) is 9.47 Å². The summed E-state index contributed by atoms with van der Waals surface area (Å²) < 4.78 is 11.5. The lowest BCUT2D eigenvalue weighted by Crippen LogP contribution is -2.49. The molecule has 6 rings (SSSR count). The molecule has 0 unspecified atom stereocenters. The normalized spacial score (nSPS) is 21.0. The Morgan fingerprint density at radius 1 is 0.767 bits per heavy atom. The maximum Gasteiger partial charge on any atom is 0.410 e. The van der Waals surface area contributed by atoms with Crippen molar-refractivity contribution in [1.29, 1.82) is 0 Å². The lowest BCUT2D eigenvalue weighted by molar-refractivity contribution is 0.000692. The Balaban J connectivity index is 0.892. The summed E-state index contributed by atoms with van der Waals surface area (Å²) in [6, 6.07) is 16.9. The quantitative estimate of drug-likeness (QED) is 0.372. The first-order valence-electron chi connectivity index (χ1n) is 16.5. The van der Waals surface area contributed by atoms with Crippen molar-refractivity contribution in [3.63, 3.8) is 0 Å². The van der Waals surface area contributed by atoms with Crippen molar-refractivity contribution in [3.05, 3.63) is 59.7 Å². The van der Waals surface area contributed by atoms with Gasteiger partial charge in [0.25, 0.3) is 0 Å². The first-order chi connectivity index (χ1) is 20.7. The highest BCUT2D eigenvalue weighted by molar-refractivity contribution is 5.79. The Kier molecular flexibility index (Phi) is 8.72. The molecular weight excluding hydrogens is 538 g/mol. The van der Waals surface area contributed by atoms with Crippen LogP contribution in [0.2, 0.25) is 0 Å². The largest absolute Gasteiger partial charge is 0.448 e. The molecule has 2 aliphatic carbocycles. The van der Waals surface area contributed by atoms with Crippen LogP contribution in [0, 0.1) is 11.3 Å². The fourth-order valence-corrected chi connectivity index (χ4v) is 7.77. The molecule has 1 saturated carbocycles.